The van der Waals surface area contributed by atoms with E-state index in [0.29, 0.717) is 28.1 Å². The number of ether oxygens (including phenoxy) is 3. The highest BCUT2D eigenvalue weighted by atomic mass is 32.2. The summed E-state index contributed by atoms with van der Waals surface area (Å²) in [6.45, 7) is 3.79. The fourth-order valence-corrected chi connectivity index (χ4v) is 3.69. The number of aromatic nitrogens is 3. The van der Waals surface area contributed by atoms with Gasteiger partial charge in [0.2, 0.25) is 11.1 Å². The maximum atomic E-state index is 12.8. The quantitative estimate of drug-likeness (QED) is 0.536. The SMILES string of the molecule is CCOC(=O)C1=C(C)Nc2nc(SCC(=O)OC)nn2[C@H]1c1ccccc1OC. The number of nitrogens with one attached hydrogen (secondary N) is 1. The van der Waals surface area contributed by atoms with Gasteiger partial charge in [0, 0.05) is 11.3 Å². The van der Waals surface area contributed by atoms with E-state index in [2.05, 4.69) is 20.1 Å². The maximum absolute atomic E-state index is 12.8. The van der Waals surface area contributed by atoms with Gasteiger partial charge in [-0.15, -0.1) is 5.10 Å². The van der Waals surface area contributed by atoms with Gasteiger partial charge in [0.1, 0.15) is 11.8 Å². The van der Waals surface area contributed by atoms with Crippen LogP contribution in [0.1, 0.15) is 25.5 Å². The molecule has 1 atom stereocenters. The van der Waals surface area contributed by atoms with Crippen molar-refractivity contribution in [3.05, 3.63) is 41.1 Å². The summed E-state index contributed by atoms with van der Waals surface area (Å²) in [5.74, 6) is 0.325. The highest BCUT2D eigenvalue weighted by Crippen LogP contribution is 2.40. The van der Waals surface area contributed by atoms with Gasteiger partial charge in [-0.3, -0.25) is 4.79 Å². The number of esters is 2. The number of carbonyl (C=O) groups is 2. The first kappa shape index (κ1) is 20.7. The number of rotatable bonds is 7. The summed E-state index contributed by atoms with van der Waals surface area (Å²) in [6, 6.07) is 6.81. The topological polar surface area (TPSA) is 105 Å². The van der Waals surface area contributed by atoms with Gasteiger partial charge in [0.05, 0.1) is 32.2 Å². The molecule has 10 heteroatoms. The second-order valence-electron chi connectivity index (χ2n) is 6.06. The maximum Gasteiger partial charge on any atom is 0.338 e. The van der Waals surface area contributed by atoms with Crippen LogP contribution in [0.3, 0.4) is 0 Å². The highest BCUT2D eigenvalue weighted by Gasteiger charge is 2.36. The summed E-state index contributed by atoms with van der Waals surface area (Å²) in [7, 11) is 2.90. The molecule has 0 fully saturated rings. The highest BCUT2D eigenvalue weighted by molar-refractivity contribution is 7.99. The minimum absolute atomic E-state index is 0.0798. The Labute approximate surface area is 172 Å². The van der Waals surface area contributed by atoms with Crippen molar-refractivity contribution in [3.8, 4) is 5.75 Å². The number of nitrogens with zero attached hydrogens (tertiary/aromatic N) is 3. The summed E-state index contributed by atoms with van der Waals surface area (Å²) in [5, 5.41) is 8.01. The molecule has 0 spiro atoms. The van der Waals surface area contributed by atoms with Crippen LogP contribution in [-0.2, 0) is 19.1 Å². The molecule has 1 aromatic heterocycles. The minimum atomic E-state index is -0.596. The van der Waals surface area contributed by atoms with Crippen LogP contribution in [0.5, 0.6) is 5.75 Å². The monoisotopic (exact) mass is 418 g/mol. The standard InChI is InChI=1S/C19H22N4O5S/c1-5-28-17(25)15-11(2)20-18-21-19(29-10-14(24)27-4)22-23(18)16(15)12-8-6-7-9-13(12)26-3/h6-9,16H,5,10H2,1-4H3,(H,20,21,22)/t16-/m0/s1. The number of thioether (sulfide) groups is 1. The van der Waals surface area contributed by atoms with Crippen LogP contribution in [0, 0.1) is 0 Å². The van der Waals surface area contributed by atoms with Crippen molar-refractivity contribution < 1.29 is 23.8 Å². The van der Waals surface area contributed by atoms with Gasteiger partial charge in [-0.05, 0) is 19.9 Å². The Hall–Kier alpha value is -3.01. The smallest absolute Gasteiger partial charge is 0.338 e. The van der Waals surface area contributed by atoms with Crippen LogP contribution in [0.2, 0.25) is 0 Å². The lowest BCUT2D eigenvalue weighted by Gasteiger charge is -2.28. The normalized spacial score (nSPS) is 15.4. The van der Waals surface area contributed by atoms with Crippen LogP contribution in [0.25, 0.3) is 0 Å². The predicted molar refractivity (Wildman–Crippen MR) is 107 cm³/mol. The number of anilines is 1. The van der Waals surface area contributed by atoms with Crippen molar-refractivity contribution in [2.75, 3.05) is 31.9 Å². The fourth-order valence-electron chi connectivity index (χ4n) is 3.03. The third-order valence-electron chi connectivity index (χ3n) is 4.31. The molecule has 9 nitrogen and oxygen atoms in total. The zero-order chi connectivity index (χ0) is 21.0. The number of carbonyl (C=O) groups excluding carboxylic acids is 2. The Kier molecular flexibility index (Phi) is 6.42. The Morgan fingerprint density at radius 3 is 2.72 bits per heavy atom. The van der Waals surface area contributed by atoms with Crippen molar-refractivity contribution in [2.24, 2.45) is 0 Å². The Bertz CT molecular complexity index is 956. The van der Waals surface area contributed by atoms with Crippen molar-refractivity contribution in [3.63, 3.8) is 0 Å². The molecule has 1 aliphatic rings. The van der Waals surface area contributed by atoms with Gasteiger partial charge in [-0.2, -0.15) is 4.98 Å². The zero-order valence-electron chi connectivity index (χ0n) is 16.6. The molecule has 0 bridgehead atoms. The number of benzene rings is 1. The third-order valence-corrected chi connectivity index (χ3v) is 5.12. The first-order valence-corrected chi connectivity index (χ1v) is 9.92. The second-order valence-corrected chi connectivity index (χ2v) is 7.00. The van der Waals surface area contributed by atoms with E-state index in [0.717, 1.165) is 17.3 Å². The van der Waals surface area contributed by atoms with Crippen molar-refractivity contribution in [1.29, 1.82) is 0 Å². The summed E-state index contributed by atoms with van der Waals surface area (Å²) in [5.41, 5.74) is 1.77. The van der Waals surface area contributed by atoms with E-state index in [1.54, 1.807) is 25.6 Å². The first-order valence-electron chi connectivity index (χ1n) is 8.94. The molecule has 0 amide bonds. The van der Waals surface area contributed by atoms with E-state index in [4.69, 9.17) is 9.47 Å². The molecule has 29 heavy (non-hydrogen) atoms. The molecule has 1 N–H and O–H groups in total. The first-order chi connectivity index (χ1) is 14.0. The Balaban J connectivity index is 2.08. The van der Waals surface area contributed by atoms with Gasteiger partial charge >= 0.3 is 11.9 Å². The average Bonchev–Trinajstić information content (AvgIpc) is 3.13. The van der Waals surface area contributed by atoms with Crippen LogP contribution < -0.4 is 10.1 Å². The summed E-state index contributed by atoms with van der Waals surface area (Å²) >= 11 is 1.15. The van der Waals surface area contributed by atoms with Crippen LogP contribution in [0.15, 0.2) is 40.7 Å². The second kappa shape index (κ2) is 8.99. The minimum Gasteiger partial charge on any atom is -0.496 e. The van der Waals surface area contributed by atoms with E-state index >= 15 is 0 Å². The van der Waals surface area contributed by atoms with Gasteiger partial charge < -0.3 is 19.5 Å². The summed E-state index contributed by atoms with van der Waals surface area (Å²) < 4.78 is 17.1. The fraction of sp³-hybridized carbons (Fsp3) is 0.368. The van der Waals surface area contributed by atoms with Gasteiger partial charge in [-0.25, -0.2) is 9.48 Å². The number of allylic oxidation sites excluding steroid dienone is 1. The zero-order valence-corrected chi connectivity index (χ0v) is 17.4. The molecule has 0 radical (unpaired) electrons. The van der Waals surface area contributed by atoms with Crippen molar-refractivity contribution in [1.82, 2.24) is 14.8 Å². The molecule has 0 saturated carbocycles. The predicted octanol–water partition coefficient (Wildman–Crippen LogP) is 2.40. The number of methoxy groups -OCH3 is 2. The Morgan fingerprint density at radius 2 is 2.03 bits per heavy atom. The molecule has 3 rings (SSSR count). The lowest BCUT2D eigenvalue weighted by molar-refractivity contribution is -0.139. The molecular weight excluding hydrogens is 396 g/mol. The van der Waals surface area contributed by atoms with E-state index < -0.39 is 12.0 Å². The van der Waals surface area contributed by atoms with E-state index in [9.17, 15) is 9.59 Å². The summed E-state index contributed by atoms with van der Waals surface area (Å²) in [6.07, 6.45) is 0. The average molecular weight is 418 g/mol. The molecule has 154 valence electrons. The molecule has 0 unspecified atom stereocenters. The van der Waals surface area contributed by atoms with Crippen molar-refractivity contribution >= 4 is 29.6 Å². The molecular formula is C19H22N4O5S. The van der Waals surface area contributed by atoms with E-state index in [1.807, 2.05) is 24.3 Å². The van der Waals surface area contributed by atoms with Crippen LogP contribution >= 0.6 is 11.8 Å². The number of hydrogen-bond donors (Lipinski definition) is 1. The lowest BCUT2D eigenvalue weighted by Crippen LogP contribution is -2.30. The van der Waals surface area contributed by atoms with E-state index in [-0.39, 0.29) is 18.3 Å². The largest absolute Gasteiger partial charge is 0.496 e. The number of fused-ring (bicyclic) bond motifs is 1. The number of hydrogen-bond acceptors (Lipinski definition) is 9. The van der Waals surface area contributed by atoms with Gasteiger partial charge in [0.15, 0.2) is 0 Å². The molecule has 2 heterocycles. The molecule has 2 aromatic rings. The third kappa shape index (κ3) is 4.21. The Morgan fingerprint density at radius 1 is 1.28 bits per heavy atom. The van der Waals surface area contributed by atoms with Gasteiger partial charge in [-0.1, -0.05) is 30.0 Å². The number of para-hydroxylation sites is 1. The molecule has 1 aromatic carbocycles. The molecule has 1 aliphatic heterocycles. The van der Waals surface area contributed by atoms with Gasteiger partial charge in [0.25, 0.3) is 0 Å². The van der Waals surface area contributed by atoms with E-state index in [1.165, 1.54) is 7.11 Å². The van der Waals surface area contributed by atoms with Crippen LogP contribution in [0.4, 0.5) is 5.95 Å². The van der Waals surface area contributed by atoms with Crippen molar-refractivity contribution in [2.45, 2.75) is 25.0 Å². The molecule has 0 saturated heterocycles. The van der Waals surface area contributed by atoms with Crippen LogP contribution in [-0.4, -0.2) is 53.3 Å². The lowest BCUT2D eigenvalue weighted by atomic mass is 9.95. The molecule has 0 aliphatic carbocycles. The summed E-state index contributed by atoms with van der Waals surface area (Å²) in [4.78, 5) is 28.7.